The summed E-state index contributed by atoms with van der Waals surface area (Å²) in [5.41, 5.74) is 2.50. The zero-order valence-electron chi connectivity index (χ0n) is 13.6. The van der Waals surface area contributed by atoms with E-state index in [-0.39, 0.29) is 5.56 Å². The normalized spacial score (nSPS) is 10.4. The minimum Gasteiger partial charge on any atom is -0.497 e. The number of methoxy groups -OCH3 is 2. The molecule has 0 radical (unpaired) electrons. The Morgan fingerprint density at radius 2 is 1.84 bits per heavy atom. The Bertz CT molecular complexity index is 808. The molecule has 0 aliphatic heterocycles. The third-order valence-corrected chi connectivity index (χ3v) is 3.14. The summed E-state index contributed by atoms with van der Waals surface area (Å²) >= 11 is 0. The molecule has 0 unspecified atom stereocenters. The number of hydrogen-bond donors (Lipinski definition) is 2. The van der Waals surface area contributed by atoms with Gasteiger partial charge < -0.3 is 14.8 Å². The number of nitrogens with zero attached hydrogens (tertiary/aromatic N) is 1. The topological polar surface area (TPSA) is 89.0 Å². The molecule has 2 amide bonds. The molecule has 25 heavy (non-hydrogen) atoms. The van der Waals surface area contributed by atoms with E-state index >= 15 is 0 Å². The predicted molar refractivity (Wildman–Crippen MR) is 90.3 cm³/mol. The van der Waals surface area contributed by atoms with E-state index in [2.05, 4.69) is 10.4 Å². The molecule has 0 aliphatic carbocycles. The number of ether oxygens (including phenoxy) is 2. The van der Waals surface area contributed by atoms with Crippen LogP contribution in [0.25, 0.3) is 0 Å². The third kappa shape index (κ3) is 4.77. The lowest BCUT2D eigenvalue weighted by Gasteiger charge is -2.10. The third-order valence-electron chi connectivity index (χ3n) is 3.14. The first-order chi connectivity index (χ1) is 12.0. The van der Waals surface area contributed by atoms with Crippen LogP contribution in [0.2, 0.25) is 0 Å². The molecule has 0 aliphatic rings. The molecular weight excluding hydrogens is 329 g/mol. The van der Waals surface area contributed by atoms with Crippen LogP contribution < -0.4 is 20.2 Å². The number of nitrogens with one attached hydrogen (secondary N) is 2. The largest absolute Gasteiger partial charge is 0.497 e. The van der Waals surface area contributed by atoms with Gasteiger partial charge in [0.15, 0.2) is 0 Å². The van der Waals surface area contributed by atoms with Crippen LogP contribution in [0.5, 0.6) is 11.5 Å². The van der Waals surface area contributed by atoms with Crippen LogP contribution in [-0.4, -0.2) is 32.2 Å². The quantitative estimate of drug-likeness (QED) is 0.492. The first-order valence-electron chi connectivity index (χ1n) is 7.16. The summed E-state index contributed by atoms with van der Waals surface area (Å²) in [7, 11) is 2.91. The molecule has 0 spiro atoms. The maximum absolute atomic E-state index is 13.4. The van der Waals surface area contributed by atoms with E-state index in [1.54, 1.807) is 18.2 Å². The fourth-order valence-corrected chi connectivity index (χ4v) is 1.87. The van der Waals surface area contributed by atoms with Gasteiger partial charge in [0.25, 0.3) is 0 Å². The van der Waals surface area contributed by atoms with Gasteiger partial charge in [0.2, 0.25) is 0 Å². The number of halogens is 1. The summed E-state index contributed by atoms with van der Waals surface area (Å²) in [6.07, 6.45) is 1.11. The highest BCUT2D eigenvalue weighted by molar-refractivity contribution is 6.39. The Hall–Kier alpha value is -3.42. The second-order valence-corrected chi connectivity index (χ2v) is 4.74. The van der Waals surface area contributed by atoms with E-state index in [0.717, 1.165) is 6.21 Å². The number of rotatable bonds is 5. The second kappa shape index (κ2) is 8.44. The van der Waals surface area contributed by atoms with Gasteiger partial charge in [-0.2, -0.15) is 5.10 Å². The van der Waals surface area contributed by atoms with Crippen LogP contribution in [0, 0.1) is 5.82 Å². The highest BCUT2D eigenvalue weighted by atomic mass is 19.1. The maximum atomic E-state index is 13.4. The van der Waals surface area contributed by atoms with Gasteiger partial charge in [0.05, 0.1) is 26.1 Å². The molecule has 2 rings (SSSR count). The van der Waals surface area contributed by atoms with Crippen molar-refractivity contribution in [1.29, 1.82) is 0 Å². The highest BCUT2D eigenvalue weighted by Gasteiger charge is 2.15. The van der Waals surface area contributed by atoms with Crippen molar-refractivity contribution in [3.63, 3.8) is 0 Å². The molecule has 0 aromatic heterocycles. The Labute approximate surface area is 143 Å². The van der Waals surface area contributed by atoms with E-state index in [9.17, 15) is 14.0 Å². The van der Waals surface area contributed by atoms with Crippen molar-refractivity contribution >= 4 is 23.7 Å². The first-order valence-corrected chi connectivity index (χ1v) is 7.16. The lowest BCUT2D eigenvalue weighted by Crippen LogP contribution is -2.32. The smallest absolute Gasteiger partial charge is 0.329 e. The van der Waals surface area contributed by atoms with Crippen LogP contribution >= 0.6 is 0 Å². The van der Waals surface area contributed by atoms with E-state index in [0.29, 0.717) is 17.2 Å². The van der Waals surface area contributed by atoms with Gasteiger partial charge in [-0.3, -0.25) is 9.59 Å². The van der Waals surface area contributed by atoms with Crippen molar-refractivity contribution < 1.29 is 23.5 Å². The Morgan fingerprint density at radius 3 is 2.52 bits per heavy atom. The molecule has 130 valence electrons. The van der Waals surface area contributed by atoms with Crippen molar-refractivity contribution in [3.8, 4) is 11.5 Å². The van der Waals surface area contributed by atoms with E-state index in [1.807, 2.05) is 5.43 Å². The summed E-state index contributed by atoms with van der Waals surface area (Å²) in [5.74, 6) is -1.59. The summed E-state index contributed by atoms with van der Waals surface area (Å²) in [4.78, 5) is 23.6. The number of benzene rings is 2. The lowest BCUT2D eigenvalue weighted by molar-refractivity contribution is -0.136. The van der Waals surface area contributed by atoms with Crippen molar-refractivity contribution in [3.05, 3.63) is 53.8 Å². The number of hydrogen-bond acceptors (Lipinski definition) is 5. The van der Waals surface area contributed by atoms with E-state index in [1.165, 1.54) is 38.5 Å². The monoisotopic (exact) mass is 345 g/mol. The zero-order valence-corrected chi connectivity index (χ0v) is 13.6. The predicted octanol–water partition coefficient (Wildman–Crippen LogP) is 1.93. The van der Waals surface area contributed by atoms with Gasteiger partial charge in [0, 0.05) is 11.6 Å². The number of hydrazone groups is 1. The van der Waals surface area contributed by atoms with Gasteiger partial charge in [-0.1, -0.05) is 18.2 Å². The summed E-state index contributed by atoms with van der Waals surface area (Å²) < 4.78 is 23.6. The molecular formula is C17H16FN3O4. The van der Waals surface area contributed by atoms with Crippen molar-refractivity contribution in [1.82, 2.24) is 5.43 Å². The van der Waals surface area contributed by atoms with Crippen LogP contribution in [0.1, 0.15) is 5.56 Å². The molecule has 8 heteroatoms. The molecule has 0 fully saturated rings. The van der Waals surface area contributed by atoms with E-state index in [4.69, 9.17) is 9.47 Å². The summed E-state index contributed by atoms with van der Waals surface area (Å²) in [6, 6.07) is 10.6. The minimum absolute atomic E-state index is 0.181. The summed E-state index contributed by atoms with van der Waals surface area (Å²) in [5, 5.41) is 5.95. The van der Waals surface area contributed by atoms with E-state index < -0.39 is 17.6 Å². The molecule has 0 atom stereocenters. The molecule has 0 bridgehead atoms. The Kier molecular flexibility index (Phi) is 6.05. The van der Waals surface area contributed by atoms with Crippen LogP contribution in [0.15, 0.2) is 47.6 Å². The SMILES string of the molecule is COc1ccc(NC(=O)C(=O)N/N=C\c2ccccc2F)c(OC)c1. The average Bonchev–Trinajstić information content (AvgIpc) is 2.63. The van der Waals surface area contributed by atoms with Crippen LogP contribution in [0.3, 0.4) is 0 Å². The van der Waals surface area contributed by atoms with Gasteiger partial charge in [-0.05, 0) is 18.2 Å². The highest BCUT2D eigenvalue weighted by Crippen LogP contribution is 2.28. The first kappa shape index (κ1) is 17.9. The Balaban J connectivity index is 1.99. The van der Waals surface area contributed by atoms with Gasteiger partial charge >= 0.3 is 11.8 Å². The molecule has 0 heterocycles. The van der Waals surface area contributed by atoms with Crippen molar-refractivity contribution in [2.24, 2.45) is 5.10 Å². The molecule has 0 saturated carbocycles. The molecule has 2 aromatic rings. The Morgan fingerprint density at radius 1 is 1.08 bits per heavy atom. The minimum atomic E-state index is -1.01. The fourth-order valence-electron chi connectivity index (χ4n) is 1.87. The lowest BCUT2D eigenvalue weighted by atomic mass is 10.2. The van der Waals surface area contributed by atoms with Gasteiger partial charge in [-0.15, -0.1) is 0 Å². The fraction of sp³-hybridized carbons (Fsp3) is 0.118. The number of amides is 2. The van der Waals surface area contributed by atoms with Crippen LogP contribution in [-0.2, 0) is 9.59 Å². The maximum Gasteiger partial charge on any atom is 0.329 e. The molecule has 2 aromatic carbocycles. The standard InChI is InChI=1S/C17H16FN3O4/c1-24-12-7-8-14(15(9-12)25-2)20-16(22)17(23)21-19-10-11-5-3-4-6-13(11)18/h3-10H,1-2H3,(H,20,22)(H,21,23)/b19-10-. The number of carbonyl (C=O) groups is 2. The van der Waals surface area contributed by atoms with Crippen LogP contribution in [0.4, 0.5) is 10.1 Å². The van der Waals surface area contributed by atoms with Crippen molar-refractivity contribution in [2.75, 3.05) is 19.5 Å². The van der Waals surface area contributed by atoms with Crippen molar-refractivity contribution in [2.45, 2.75) is 0 Å². The van der Waals surface area contributed by atoms with Gasteiger partial charge in [-0.25, -0.2) is 9.82 Å². The number of carbonyl (C=O) groups excluding carboxylic acids is 2. The van der Waals surface area contributed by atoms with Gasteiger partial charge in [0.1, 0.15) is 17.3 Å². The second-order valence-electron chi connectivity index (χ2n) is 4.74. The molecule has 2 N–H and O–H groups in total. The molecule has 0 saturated heterocycles. The average molecular weight is 345 g/mol. The number of anilines is 1. The summed E-state index contributed by atoms with van der Waals surface area (Å²) in [6.45, 7) is 0. The zero-order chi connectivity index (χ0) is 18.2. The molecule has 7 nitrogen and oxygen atoms in total.